The number of fused-ring (bicyclic) bond motifs is 4. The van der Waals surface area contributed by atoms with E-state index in [2.05, 4.69) is 26.5 Å². The van der Waals surface area contributed by atoms with Gasteiger partial charge in [0.05, 0.1) is 10.8 Å². The van der Waals surface area contributed by atoms with E-state index in [0.717, 1.165) is 41.1 Å². The van der Waals surface area contributed by atoms with Crippen LogP contribution < -0.4 is 10.2 Å². The second-order valence-electron chi connectivity index (χ2n) is 9.70. The van der Waals surface area contributed by atoms with Gasteiger partial charge in [-0.25, -0.2) is 13.4 Å². The van der Waals surface area contributed by atoms with Gasteiger partial charge < -0.3 is 10.2 Å². The zero-order valence-electron chi connectivity index (χ0n) is 18.9. The number of hydrogen-bond acceptors (Lipinski definition) is 7. The first-order valence-electron chi connectivity index (χ1n) is 11.8. The Hall–Kier alpha value is -2.72. The summed E-state index contributed by atoms with van der Waals surface area (Å²) in [7, 11) is -3.28. The molecule has 174 valence electrons. The predicted molar refractivity (Wildman–Crippen MR) is 128 cm³/mol. The van der Waals surface area contributed by atoms with Gasteiger partial charge in [0.25, 0.3) is 0 Å². The third-order valence-corrected chi connectivity index (χ3v) is 9.40. The van der Waals surface area contributed by atoms with Crippen LogP contribution >= 0.6 is 0 Å². The lowest BCUT2D eigenvalue weighted by Crippen LogP contribution is -2.65. The Bertz CT molecular complexity index is 1300. The summed E-state index contributed by atoms with van der Waals surface area (Å²) in [5.74, 6) is 2.71. The van der Waals surface area contributed by atoms with Crippen molar-refractivity contribution >= 4 is 38.5 Å². The molecule has 0 radical (unpaired) electrons. The molecule has 2 N–H and O–H groups in total. The summed E-state index contributed by atoms with van der Waals surface area (Å²) in [5, 5.41) is 11.5. The highest BCUT2D eigenvalue weighted by molar-refractivity contribution is 7.89. The van der Waals surface area contributed by atoms with E-state index in [4.69, 9.17) is 9.97 Å². The van der Waals surface area contributed by atoms with E-state index < -0.39 is 15.3 Å². The van der Waals surface area contributed by atoms with Crippen LogP contribution in [0.1, 0.15) is 51.1 Å². The number of rotatable bonds is 6. The second kappa shape index (κ2) is 7.66. The van der Waals surface area contributed by atoms with E-state index in [0.29, 0.717) is 25.0 Å². The number of piperazine rings is 1. The molecule has 4 fully saturated rings. The fourth-order valence-electron chi connectivity index (χ4n) is 5.03. The number of piperidine rings is 2. The highest BCUT2D eigenvalue weighted by atomic mass is 32.2. The average molecular weight is 468 g/mol. The molecule has 4 aliphatic rings. The molecule has 1 aliphatic carbocycles. The van der Waals surface area contributed by atoms with Crippen molar-refractivity contribution in [2.24, 2.45) is 0 Å². The Labute approximate surface area is 193 Å². The summed E-state index contributed by atoms with van der Waals surface area (Å²) in [5.41, 5.74) is 2.02. The number of H-pyrrole nitrogens is 1. The molecule has 0 spiro atoms. The molecule has 10 heteroatoms. The smallest absolute Gasteiger partial charge is 0.228 e. The maximum Gasteiger partial charge on any atom is 0.228 e. The van der Waals surface area contributed by atoms with Crippen molar-refractivity contribution in [2.45, 2.75) is 62.8 Å². The van der Waals surface area contributed by atoms with Crippen LogP contribution in [0, 0.1) is 0 Å². The zero-order valence-corrected chi connectivity index (χ0v) is 19.7. The highest BCUT2D eigenvalue weighted by Crippen LogP contribution is 2.40. The maximum atomic E-state index is 12.9. The van der Waals surface area contributed by atoms with Crippen molar-refractivity contribution in [3.63, 3.8) is 0 Å². The highest BCUT2D eigenvalue weighted by Gasteiger charge is 2.45. The molecule has 1 saturated carbocycles. The van der Waals surface area contributed by atoms with Gasteiger partial charge in [-0.3, -0.25) is 5.10 Å². The van der Waals surface area contributed by atoms with Crippen molar-refractivity contribution < 1.29 is 8.42 Å². The van der Waals surface area contributed by atoms with Gasteiger partial charge in [0.1, 0.15) is 5.82 Å². The fourth-order valence-corrected chi connectivity index (χ4v) is 6.54. The monoisotopic (exact) mass is 467 g/mol. The lowest BCUT2D eigenvalue weighted by Gasteiger charge is -2.51. The molecule has 1 aromatic carbocycles. The topological polar surface area (TPSA) is 107 Å². The van der Waals surface area contributed by atoms with Crippen molar-refractivity contribution in [3.8, 4) is 0 Å². The van der Waals surface area contributed by atoms with E-state index in [1.54, 1.807) is 18.2 Å². The molecule has 9 nitrogen and oxygen atoms in total. The van der Waals surface area contributed by atoms with Gasteiger partial charge >= 0.3 is 0 Å². The molecule has 5 heterocycles. The Kier molecular flexibility index (Phi) is 4.84. The number of hydrogen-bond donors (Lipinski definition) is 2. The average Bonchev–Trinajstić information content (AvgIpc) is 3.58. The number of para-hydroxylation sites is 1. The Morgan fingerprint density at radius 3 is 2.58 bits per heavy atom. The Morgan fingerprint density at radius 1 is 1.06 bits per heavy atom. The predicted octanol–water partition coefficient (Wildman–Crippen LogP) is 3.37. The number of benzene rings is 1. The zero-order chi connectivity index (χ0) is 22.7. The molecule has 7 rings (SSSR count). The summed E-state index contributed by atoms with van der Waals surface area (Å²) >= 11 is 0. The summed E-state index contributed by atoms with van der Waals surface area (Å²) in [6.07, 6.45) is 4.24. The van der Waals surface area contributed by atoms with Gasteiger partial charge in [0, 0.05) is 48.2 Å². The Morgan fingerprint density at radius 2 is 1.85 bits per heavy atom. The minimum absolute atomic E-state index is 0.0404. The molecule has 3 saturated heterocycles. The van der Waals surface area contributed by atoms with Crippen LogP contribution in [0.15, 0.2) is 30.3 Å². The van der Waals surface area contributed by atoms with Gasteiger partial charge in [-0.1, -0.05) is 12.1 Å². The summed E-state index contributed by atoms with van der Waals surface area (Å²) in [4.78, 5) is 12.0. The van der Waals surface area contributed by atoms with Crippen LogP contribution in [0.5, 0.6) is 0 Å². The number of aromatic amines is 1. The van der Waals surface area contributed by atoms with E-state index in [1.807, 2.05) is 24.3 Å². The van der Waals surface area contributed by atoms with Crippen LogP contribution in [0.25, 0.3) is 10.9 Å². The third-order valence-electron chi connectivity index (χ3n) is 7.11. The van der Waals surface area contributed by atoms with Crippen molar-refractivity contribution in [2.75, 3.05) is 23.3 Å². The number of anilines is 3. The summed E-state index contributed by atoms with van der Waals surface area (Å²) in [6.45, 7) is 4.61. The number of aromatic nitrogens is 4. The molecule has 2 atom stereocenters. The normalized spacial score (nSPS) is 23.5. The van der Waals surface area contributed by atoms with Crippen LogP contribution in [-0.2, 0) is 10.0 Å². The van der Waals surface area contributed by atoms with E-state index in [9.17, 15) is 8.42 Å². The van der Waals surface area contributed by atoms with E-state index >= 15 is 0 Å². The molecular weight excluding hydrogens is 438 g/mol. The molecule has 3 aliphatic heterocycles. The lowest BCUT2D eigenvalue weighted by molar-refractivity contribution is 0.177. The van der Waals surface area contributed by atoms with E-state index in [-0.39, 0.29) is 12.1 Å². The first kappa shape index (κ1) is 20.9. The Balaban J connectivity index is 1.33. The van der Waals surface area contributed by atoms with Crippen molar-refractivity contribution in [1.29, 1.82) is 0 Å². The summed E-state index contributed by atoms with van der Waals surface area (Å²) in [6, 6.07) is 10.0. The first-order valence-corrected chi connectivity index (χ1v) is 13.3. The van der Waals surface area contributed by atoms with Gasteiger partial charge in [-0.05, 0) is 51.7 Å². The van der Waals surface area contributed by atoms with Gasteiger partial charge in [0.15, 0.2) is 5.82 Å². The molecule has 2 bridgehead atoms. The molecule has 0 amide bonds. The maximum absolute atomic E-state index is 12.9. The quantitative estimate of drug-likeness (QED) is 0.572. The van der Waals surface area contributed by atoms with E-state index in [1.165, 1.54) is 12.8 Å². The standard InChI is InChI=1S/C23H29N7O2S/c1-14(2)33(31,32)30-13-16-9-10-17(30)12-29(16)23-24-19-6-4-3-5-18(19)22(26-23)25-21-11-20(27-28-21)15-7-8-15/h3-6,11,14-17H,7-10,12-13H2,1-2H3,(H2,24,25,26,27,28). The molecular formula is C23H29N7O2S. The molecule has 2 aromatic heterocycles. The SMILES string of the molecule is CC(C)S(=O)(=O)N1CC2CCC1CN2c1nc(Nc2cc(C3CC3)[nH]n2)c2ccccc2n1. The van der Waals surface area contributed by atoms with Gasteiger partial charge in [-0.2, -0.15) is 14.4 Å². The van der Waals surface area contributed by atoms with Crippen molar-refractivity contribution in [1.82, 2.24) is 24.5 Å². The fraction of sp³-hybridized carbons (Fsp3) is 0.522. The van der Waals surface area contributed by atoms with Gasteiger partial charge in [-0.15, -0.1) is 0 Å². The van der Waals surface area contributed by atoms with Gasteiger partial charge in [0.2, 0.25) is 16.0 Å². The number of nitrogens with zero attached hydrogens (tertiary/aromatic N) is 5. The number of sulfonamides is 1. The van der Waals surface area contributed by atoms with Crippen LogP contribution in [-0.4, -0.2) is 63.3 Å². The van der Waals surface area contributed by atoms with Crippen molar-refractivity contribution in [3.05, 3.63) is 36.0 Å². The minimum atomic E-state index is -3.28. The largest absolute Gasteiger partial charge is 0.335 e. The number of nitrogens with one attached hydrogen (secondary N) is 2. The third kappa shape index (κ3) is 3.65. The summed E-state index contributed by atoms with van der Waals surface area (Å²) < 4.78 is 27.4. The molecule has 33 heavy (non-hydrogen) atoms. The first-order chi connectivity index (χ1) is 15.9. The van der Waals surface area contributed by atoms with Crippen LogP contribution in [0.2, 0.25) is 0 Å². The van der Waals surface area contributed by atoms with Crippen LogP contribution in [0.3, 0.4) is 0 Å². The molecule has 2 unspecified atom stereocenters. The second-order valence-corrected chi connectivity index (χ2v) is 12.1. The lowest BCUT2D eigenvalue weighted by atomic mass is 9.93. The molecule has 3 aromatic rings. The van der Waals surface area contributed by atoms with Crippen LogP contribution in [0.4, 0.5) is 17.6 Å². The minimum Gasteiger partial charge on any atom is -0.335 e.